The van der Waals surface area contributed by atoms with Crippen LogP contribution in [0.15, 0.2) is 12.2 Å². The fourth-order valence-electron chi connectivity index (χ4n) is 1.87. The highest BCUT2D eigenvalue weighted by molar-refractivity contribution is 14.1. The van der Waals surface area contributed by atoms with Crippen LogP contribution in [-0.2, 0) is 9.47 Å². The van der Waals surface area contributed by atoms with E-state index in [9.17, 15) is 0 Å². The number of ether oxygens (including phenoxy) is 2. The van der Waals surface area contributed by atoms with Gasteiger partial charge in [-0.25, -0.2) is 0 Å². The minimum atomic E-state index is 0.449. The van der Waals surface area contributed by atoms with Crippen LogP contribution in [0.1, 0.15) is 71.1 Å². The average molecular weight is 396 g/mol. The van der Waals surface area contributed by atoms with Crippen LogP contribution in [0.3, 0.4) is 0 Å². The maximum Gasteiger partial charge on any atom is 0.146 e. The summed E-state index contributed by atoms with van der Waals surface area (Å²) < 4.78 is 12.0. The highest BCUT2D eigenvalue weighted by Crippen LogP contribution is 2.08. The molecule has 20 heavy (non-hydrogen) atoms. The Hall–Kier alpha value is 0.390. The van der Waals surface area contributed by atoms with Crippen LogP contribution in [0.4, 0.5) is 0 Å². The van der Waals surface area contributed by atoms with E-state index in [1.165, 1.54) is 55.8 Å². The van der Waals surface area contributed by atoms with Crippen molar-refractivity contribution in [1.82, 2.24) is 0 Å². The van der Waals surface area contributed by atoms with Crippen LogP contribution >= 0.6 is 22.6 Å². The molecule has 0 radical (unpaired) electrons. The van der Waals surface area contributed by atoms with E-state index in [2.05, 4.69) is 41.7 Å². The topological polar surface area (TPSA) is 18.5 Å². The molecule has 0 aliphatic carbocycles. The van der Waals surface area contributed by atoms with Crippen molar-refractivity contribution in [3.05, 3.63) is 12.2 Å². The van der Waals surface area contributed by atoms with E-state index in [1.807, 2.05) is 0 Å². The third-order valence-electron chi connectivity index (χ3n) is 3.16. The number of allylic oxidation sites excluding steroid dienone is 1. The van der Waals surface area contributed by atoms with E-state index in [1.54, 1.807) is 0 Å². The van der Waals surface area contributed by atoms with Crippen LogP contribution in [0.5, 0.6) is 0 Å². The summed E-state index contributed by atoms with van der Waals surface area (Å²) in [6, 6.07) is 0. The molecule has 0 fully saturated rings. The van der Waals surface area contributed by atoms with Crippen molar-refractivity contribution >= 4 is 22.6 Å². The molecule has 0 aliphatic rings. The average Bonchev–Trinajstić information content (AvgIpc) is 2.47. The second-order valence-corrected chi connectivity index (χ2v) is 6.23. The first-order valence-corrected chi connectivity index (χ1v) is 9.80. The summed E-state index contributed by atoms with van der Waals surface area (Å²) in [5.74, 6) is 0. The monoisotopic (exact) mass is 396 g/mol. The molecule has 3 heteroatoms. The van der Waals surface area contributed by atoms with Crippen molar-refractivity contribution in [2.24, 2.45) is 0 Å². The molecule has 0 aromatic carbocycles. The molecule has 0 heterocycles. The van der Waals surface area contributed by atoms with Crippen LogP contribution in [0.2, 0.25) is 0 Å². The lowest BCUT2D eigenvalue weighted by Crippen LogP contribution is -2.02. The molecule has 120 valence electrons. The van der Waals surface area contributed by atoms with E-state index in [4.69, 9.17) is 9.47 Å². The molecule has 2 nitrogen and oxygen atoms in total. The van der Waals surface area contributed by atoms with Gasteiger partial charge < -0.3 is 9.47 Å². The van der Waals surface area contributed by atoms with E-state index in [-0.39, 0.29) is 0 Å². The van der Waals surface area contributed by atoms with Gasteiger partial charge in [-0.3, -0.25) is 0 Å². The maximum absolute atomic E-state index is 5.39. The van der Waals surface area contributed by atoms with Crippen LogP contribution in [0, 0.1) is 0 Å². The Morgan fingerprint density at radius 2 is 1.40 bits per heavy atom. The number of rotatable bonds is 16. The predicted octanol–water partition coefficient (Wildman–Crippen LogP) is 5.89. The lowest BCUT2D eigenvalue weighted by Gasteiger charge is -2.03. The highest BCUT2D eigenvalue weighted by atomic mass is 127. The van der Waals surface area contributed by atoms with Crippen LogP contribution in [0.25, 0.3) is 0 Å². The molecule has 0 aromatic rings. The molecule has 0 unspecified atom stereocenters. The first kappa shape index (κ1) is 20.4. The smallest absolute Gasteiger partial charge is 0.146 e. The van der Waals surface area contributed by atoms with E-state index in [0.717, 1.165) is 26.1 Å². The molecule has 0 saturated heterocycles. The van der Waals surface area contributed by atoms with Crippen molar-refractivity contribution < 1.29 is 9.47 Å². The van der Waals surface area contributed by atoms with Gasteiger partial charge in [0.2, 0.25) is 0 Å². The number of halogens is 1. The Kier molecular flexibility index (Phi) is 19.8. The zero-order valence-corrected chi connectivity index (χ0v) is 15.4. The lowest BCUT2D eigenvalue weighted by atomic mass is 10.1. The van der Waals surface area contributed by atoms with Crippen molar-refractivity contribution in [3.63, 3.8) is 0 Å². The minimum Gasteiger partial charge on any atom is -0.355 e. The summed E-state index contributed by atoms with van der Waals surface area (Å²) in [6.45, 7) is 4.22. The first-order valence-electron chi connectivity index (χ1n) is 8.28. The Balaban J connectivity index is 3.01. The number of hydrogen-bond donors (Lipinski definition) is 0. The van der Waals surface area contributed by atoms with Gasteiger partial charge in [-0.1, -0.05) is 73.8 Å². The molecule has 0 spiro atoms. The molecule has 0 N–H and O–H groups in total. The zero-order chi connectivity index (χ0) is 14.7. The summed E-state index contributed by atoms with van der Waals surface area (Å²) in [5.41, 5.74) is 0. The van der Waals surface area contributed by atoms with Gasteiger partial charge in [0.25, 0.3) is 0 Å². The SMILES string of the molecule is CCCCOCOCCC=CCCCCCCCCI. The standard InChI is InChI=1S/C17H33IO2/c1-2-3-15-19-17-20-16-13-11-9-7-5-4-6-8-10-12-14-18/h9,11H,2-8,10,12-17H2,1H3. The Morgan fingerprint density at radius 1 is 0.750 bits per heavy atom. The van der Waals surface area contributed by atoms with Crippen LogP contribution in [-0.4, -0.2) is 24.4 Å². The second kappa shape index (κ2) is 19.4. The molecule has 0 bridgehead atoms. The van der Waals surface area contributed by atoms with Gasteiger partial charge >= 0.3 is 0 Å². The van der Waals surface area contributed by atoms with Crippen molar-refractivity contribution in [1.29, 1.82) is 0 Å². The first-order chi connectivity index (χ1) is 9.91. The van der Waals surface area contributed by atoms with E-state index in [0.29, 0.717) is 6.79 Å². The van der Waals surface area contributed by atoms with E-state index >= 15 is 0 Å². The number of alkyl halides is 1. The summed E-state index contributed by atoms with van der Waals surface area (Å²) in [7, 11) is 0. The minimum absolute atomic E-state index is 0.449. The normalized spacial score (nSPS) is 11.5. The third kappa shape index (κ3) is 18.4. The lowest BCUT2D eigenvalue weighted by molar-refractivity contribution is -0.0528. The molecule has 0 atom stereocenters. The summed E-state index contributed by atoms with van der Waals surface area (Å²) in [5, 5.41) is 0. The second-order valence-electron chi connectivity index (χ2n) is 5.15. The fourth-order valence-corrected chi connectivity index (χ4v) is 2.41. The molecule has 0 rings (SSSR count). The molecular formula is C17H33IO2. The summed E-state index contributed by atoms with van der Waals surface area (Å²) in [4.78, 5) is 0. The van der Waals surface area contributed by atoms with Crippen molar-refractivity contribution in [2.75, 3.05) is 24.4 Å². The predicted molar refractivity (Wildman–Crippen MR) is 96.6 cm³/mol. The Labute approximate surface area is 139 Å². The van der Waals surface area contributed by atoms with Crippen molar-refractivity contribution in [3.8, 4) is 0 Å². The molecule has 0 amide bonds. The van der Waals surface area contributed by atoms with Gasteiger partial charge in [0.05, 0.1) is 6.61 Å². The fraction of sp³-hybridized carbons (Fsp3) is 0.882. The van der Waals surface area contributed by atoms with Crippen molar-refractivity contribution in [2.45, 2.75) is 71.1 Å². The summed E-state index contributed by atoms with van der Waals surface area (Å²) >= 11 is 2.46. The van der Waals surface area contributed by atoms with Gasteiger partial charge in [0.15, 0.2) is 0 Å². The van der Waals surface area contributed by atoms with Crippen LogP contribution < -0.4 is 0 Å². The van der Waals surface area contributed by atoms with Gasteiger partial charge in [0.1, 0.15) is 6.79 Å². The maximum atomic E-state index is 5.39. The van der Waals surface area contributed by atoms with Gasteiger partial charge in [-0.2, -0.15) is 0 Å². The zero-order valence-electron chi connectivity index (χ0n) is 13.2. The molecule has 0 aromatic heterocycles. The molecule has 0 saturated carbocycles. The quantitative estimate of drug-likeness (QED) is 0.107. The van der Waals surface area contributed by atoms with Gasteiger partial charge in [-0.15, -0.1) is 0 Å². The van der Waals surface area contributed by atoms with Gasteiger partial charge in [0, 0.05) is 6.61 Å². The largest absolute Gasteiger partial charge is 0.355 e. The number of hydrogen-bond acceptors (Lipinski definition) is 2. The summed E-state index contributed by atoms with van der Waals surface area (Å²) in [6.07, 6.45) is 17.4. The Morgan fingerprint density at radius 3 is 2.15 bits per heavy atom. The highest BCUT2D eigenvalue weighted by Gasteiger charge is 1.90. The van der Waals surface area contributed by atoms with E-state index < -0.39 is 0 Å². The van der Waals surface area contributed by atoms with Gasteiger partial charge in [-0.05, 0) is 36.5 Å². The molecule has 0 aliphatic heterocycles. The third-order valence-corrected chi connectivity index (χ3v) is 3.92. The number of unbranched alkanes of at least 4 members (excludes halogenated alkanes) is 7. The Bertz CT molecular complexity index is 175. The molecular weight excluding hydrogens is 363 g/mol.